The number of hydrogen-bond donors (Lipinski definition) is 1. The summed E-state index contributed by atoms with van der Waals surface area (Å²) in [7, 11) is 1.33. The fraction of sp³-hybridized carbons (Fsp3) is 0.400. The summed E-state index contributed by atoms with van der Waals surface area (Å²) < 4.78 is 5.08. The first kappa shape index (κ1) is 20.7. The monoisotopic (exact) mass is 430 g/mol. The summed E-state index contributed by atoms with van der Waals surface area (Å²) in [4.78, 5) is 18.0. The fourth-order valence-corrected chi connectivity index (χ4v) is 5.31. The molecule has 32 heavy (non-hydrogen) atoms. The minimum atomic E-state index is -1.18. The molecule has 3 heterocycles. The van der Waals surface area contributed by atoms with Gasteiger partial charge in [-0.05, 0) is 44.2 Å². The van der Waals surface area contributed by atoms with Gasteiger partial charge in [0.15, 0.2) is 0 Å². The molecular formula is C25H26N4O3. The molecule has 1 saturated carbocycles. The van der Waals surface area contributed by atoms with Gasteiger partial charge in [-0.25, -0.2) is 9.78 Å². The average molecular weight is 431 g/mol. The van der Waals surface area contributed by atoms with Crippen molar-refractivity contribution in [1.82, 2.24) is 9.63 Å². The number of quaternary nitrogens is 1. The highest BCUT2D eigenvalue weighted by Gasteiger charge is 2.48. The number of hydrogen-bond acceptors (Lipinski definition) is 6. The van der Waals surface area contributed by atoms with Crippen molar-refractivity contribution in [3.8, 4) is 11.9 Å². The van der Waals surface area contributed by atoms with Gasteiger partial charge >= 0.3 is 5.91 Å². The number of nitrogens with zero attached hydrogens (tertiary/aromatic N) is 3. The summed E-state index contributed by atoms with van der Waals surface area (Å²) in [6, 6.07) is 7.11. The second-order valence-corrected chi connectivity index (χ2v) is 9.21. The topological polar surface area (TPSA) is 98.1 Å². The average Bonchev–Trinajstić information content (AvgIpc) is 3.30. The maximum atomic E-state index is 13.5. The molecule has 2 unspecified atom stereocenters. The van der Waals surface area contributed by atoms with E-state index >= 15 is 0 Å². The molecule has 2 atom stereocenters. The molecule has 1 aliphatic carbocycles. The van der Waals surface area contributed by atoms with Gasteiger partial charge < -0.3 is 15.3 Å². The van der Waals surface area contributed by atoms with E-state index in [9.17, 15) is 15.3 Å². The SMILES string of the molecule is CC1=C2C(=O)[N+](C)([O-])c3cc(C#N)ccc3C2c2c(OCC3CCCC3)ncc(C)c2N1. The molecular weight excluding hydrogens is 404 g/mol. The van der Waals surface area contributed by atoms with Crippen LogP contribution < -0.4 is 14.7 Å². The van der Waals surface area contributed by atoms with Gasteiger partial charge in [-0.15, -0.1) is 0 Å². The Labute approximate surface area is 187 Å². The summed E-state index contributed by atoms with van der Waals surface area (Å²) in [5.74, 6) is 0.0244. The normalized spacial score (nSPS) is 24.3. The van der Waals surface area contributed by atoms with Gasteiger partial charge in [0.1, 0.15) is 5.69 Å². The lowest BCUT2D eigenvalue weighted by atomic mass is 9.76. The van der Waals surface area contributed by atoms with Crippen LogP contribution in [0.5, 0.6) is 5.88 Å². The van der Waals surface area contributed by atoms with Gasteiger partial charge in [-0.1, -0.05) is 18.9 Å². The minimum absolute atomic E-state index is 0.298. The molecule has 0 spiro atoms. The van der Waals surface area contributed by atoms with Crippen LogP contribution in [0.2, 0.25) is 0 Å². The number of nitrogens with one attached hydrogen (secondary N) is 1. The molecule has 7 nitrogen and oxygen atoms in total. The third kappa shape index (κ3) is 3.02. The van der Waals surface area contributed by atoms with Crippen molar-refractivity contribution in [2.24, 2.45) is 5.92 Å². The number of aryl methyl sites for hydroxylation is 1. The van der Waals surface area contributed by atoms with Crippen LogP contribution in [0.1, 0.15) is 60.8 Å². The molecule has 3 aliphatic rings. The lowest BCUT2D eigenvalue weighted by molar-refractivity contribution is -0.123. The molecule has 1 N–H and O–H groups in total. The van der Waals surface area contributed by atoms with Crippen molar-refractivity contribution in [1.29, 1.82) is 5.26 Å². The van der Waals surface area contributed by atoms with Crippen molar-refractivity contribution in [2.45, 2.75) is 45.4 Å². The van der Waals surface area contributed by atoms with Crippen LogP contribution in [-0.2, 0) is 4.79 Å². The number of hydroxylamine groups is 2. The van der Waals surface area contributed by atoms with Crippen LogP contribution >= 0.6 is 0 Å². The summed E-state index contributed by atoms with van der Waals surface area (Å²) in [6.45, 7) is 4.39. The maximum absolute atomic E-state index is 13.5. The van der Waals surface area contributed by atoms with Gasteiger partial charge in [-0.2, -0.15) is 5.26 Å². The third-order valence-corrected chi connectivity index (χ3v) is 7.04. The molecule has 0 radical (unpaired) electrons. The summed E-state index contributed by atoms with van der Waals surface area (Å²) in [5.41, 5.74) is 5.09. The molecule has 2 aromatic rings. The van der Waals surface area contributed by atoms with Crippen molar-refractivity contribution < 1.29 is 9.53 Å². The number of aromatic nitrogens is 1. The number of rotatable bonds is 3. The largest absolute Gasteiger partial charge is 0.620 e. The number of allylic oxidation sites excluding steroid dienone is 1. The predicted molar refractivity (Wildman–Crippen MR) is 122 cm³/mol. The Balaban J connectivity index is 1.70. The van der Waals surface area contributed by atoms with Crippen LogP contribution in [0.15, 0.2) is 35.7 Å². The number of fused-ring (bicyclic) bond motifs is 5. The number of carbonyl (C=O) groups excluding carboxylic acids is 1. The van der Waals surface area contributed by atoms with Gasteiger partial charge in [0, 0.05) is 23.5 Å². The fourth-order valence-electron chi connectivity index (χ4n) is 5.31. The van der Waals surface area contributed by atoms with E-state index in [0.717, 1.165) is 35.2 Å². The van der Waals surface area contributed by atoms with E-state index in [1.54, 1.807) is 18.3 Å². The standard InChI is InChI=1S/C25H26N4O3/c1-14-12-27-24(32-13-16-6-4-5-7-16)22-21-18-9-8-17(11-26)10-19(18)29(3,31)25(30)20(21)15(2)28-23(14)22/h8-10,12,16,21,28H,4-7,13H2,1-3H3. The number of carbonyl (C=O) groups is 1. The van der Waals surface area contributed by atoms with E-state index < -0.39 is 16.5 Å². The maximum Gasteiger partial charge on any atom is 0.349 e. The lowest BCUT2D eigenvalue weighted by Gasteiger charge is -2.45. The molecule has 7 heteroatoms. The molecule has 2 aliphatic heterocycles. The van der Waals surface area contributed by atoms with Crippen molar-refractivity contribution >= 4 is 17.3 Å². The first-order chi connectivity index (χ1) is 15.3. The Kier molecular flexibility index (Phi) is 4.81. The summed E-state index contributed by atoms with van der Waals surface area (Å²) in [5, 5.41) is 26.2. The molecule has 0 saturated heterocycles. The van der Waals surface area contributed by atoms with Gasteiger partial charge in [0.25, 0.3) is 0 Å². The molecule has 1 amide bonds. The lowest BCUT2D eigenvalue weighted by Crippen LogP contribution is -2.51. The van der Waals surface area contributed by atoms with Gasteiger partial charge in [0.2, 0.25) is 5.88 Å². The van der Waals surface area contributed by atoms with Crippen LogP contribution in [0, 0.1) is 29.4 Å². The molecule has 5 rings (SSSR count). The van der Waals surface area contributed by atoms with Crippen molar-refractivity contribution in [2.75, 3.05) is 19.0 Å². The summed E-state index contributed by atoms with van der Waals surface area (Å²) >= 11 is 0. The second-order valence-electron chi connectivity index (χ2n) is 9.21. The predicted octanol–water partition coefficient (Wildman–Crippen LogP) is 4.64. The zero-order valence-corrected chi connectivity index (χ0v) is 18.6. The highest BCUT2D eigenvalue weighted by atomic mass is 16.6. The quantitative estimate of drug-likeness (QED) is 0.563. The Hall–Kier alpha value is -3.21. The number of pyridine rings is 1. The molecule has 1 aromatic heterocycles. The zero-order chi connectivity index (χ0) is 22.6. The first-order valence-electron chi connectivity index (χ1n) is 11.1. The Morgan fingerprint density at radius 2 is 2.06 bits per heavy atom. The molecule has 0 bridgehead atoms. The highest BCUT2D eigenvalue weighted by Crippen LogP contribution is 2.53. The van der Waals surface area contributed by atoms with Crippen molar-refractivity contribution in [3.05, 3.63) is 63.1 Å². The minimum Gasteiger partial charge on any atom is -0.620 e. The third-order valence-electron chi connectivity index (χ3n) is 7.04. The van der Waals surface area contributed by atoms with Crippen LogP contribution in [0.25, 0.3) is 0 Å². The number of benzene rings is 1. The van der Waals surface area contributed by atoms with E-state index in [1.165, 1.54) is 26.0 Å². The van der Waals surface area contributed by atoms with E-state index in [1.807, 2.05) is 13.8 Å². The van der Waals surface area contributed by atoms with E-state index in [-0.39, 0.29) is 0 Å². The number of likely N-dealkylation sites (N-methyl/N-ethyl adjacent to an activating group) is 1. The number of ether oxygens (including phenoxy) is 1. The first-order valence-corrected chi connectivity index (χ1v) is 11.1. The molecule has 1 aromatic carbocycles. The second kappa shape index (κ2) is 7.44. The smallest absolute Gasteiger partial charge is 0.349 e. The number of amides is 1. The van der Waals surface area contributed by atoms with E-state index in [0.29, 0.717) is 40.9 Å². The molecule has 164 valence electrons. The zero-order valence-electron chi connectivity index (χ0n) is 18.6. The van der Waals surface area contributed by atoms with E-state index in [2.05, 4.69) is 16.4 Å². The van der Waals surface area contributed by atoms with Gasteiger partial charge in [-0.3, -0.25) is 4.65 Å². The number of anilines is 1. The van der Waals surface area contributed by atoms with Crippen LogP contribution in [0.3, 0.4) is 0 Å². The van der Waals surface area contributed by atoms with Crippen LogP contribution in [0.4, 0.5) is 11.4 Å². The van der Waals surface area contributed by atoms with Crippen molar-refractivity contribution in [3.63, 3.8) is 0 Å². The van der Waals surface area contributed by atoms with Gasteiger partial charge in [0.05, 0.1) is 48.0 Å². The Morgan fingerprint density at radius 3 is 2.78 bits per heavy atom. The van der Waals surface area contributed by atoms with Crippen LogP contribution in [-0.4, -0.2) is 24.5 Å². The Bertz CT molecular complexity index is 1200. The number of nitriles is 1. The Morgan fingerprint density at radius 1 is 1.31 bits per heavy atom. The molecule has 1 fully saturated rings. The summed E-state index contributed by atoms with van der Waals surface area (Å²) in [6.07, 6.45) is 6.56. The van der Waals surface area contributed by atoms with E-state index in [4.69, 9.17) is 4.74 Å². The highest BCUT2D eigenvalue weighted by molar-refractivity contribution is 6.09.